The molecule has 0 saturated heterocycles. The highest BCUT2D eigenvalue weighted by molar-refractivity contribution is 6.37. The maximum atomic E-state index is 12.3. The number of aromatic nitrogens is 5. The Morgan fingerprint density at radius 1 is 1.48 bits per heavy atom. The van der Waals surface area contributed by atoms with Gasteiger partial charge in [0.1, 0.15) is 5.02 Å². The quantitative estimate of drug-likeness (QED) is 0.804. The fourth-order valence-electron chi connectivity index (χ4n) is 2.07. The first kappa shape index (κ1) is 13.6. The summed E-state index contributed by atoms with van der Waals surface area (Å²) in [5.41, 5.74) is 2.11. The van der Waals surface area contributed by atoms with Crippen LogP contribution in [0.5, 0.6) is 0 Å². The number of aryl methyl sites for hydroxylation is 1. The van der Waals surface area contributed by atoms with Gasteiger partial charge in [0.2, 0.25) is 0 Å². The summed E-state index contributed by atoms with van der Waals surface area (Å²) in [6, 6.07) is 1.72. The van der Waals surface area contributed by atoms with E-state index in [1.807, 2.05) is 13.8 Å². The summed E-state index contributed by atoms with van der Waals surface area (Å²) in [5, 5.41) is 11.3. The van der Waals surface area contributed by atoms with E-state index in [-0.39, 0.29) is 16.6 Å². The minimum atomic E-state index is -0.385. The zero-order valence-electron chi connectivity index (χ0n) is 11.5. The summed E-state index contributed by atoms with van der Waals surface area (Å²) in [5.74, 6) is -0.385. The van der Waals surface area contributed by atoms with Gasteiger partial charge >= 0.3 is 0 Å². The standard InChI is InChI=1S/C13H13ClN6O/c1-3-19-8(2)9(7-16-19)17-13(21)11-10(14)12-15-5-4-6-20(12)18-11/h4-7H,3H2,1-2H3,(H,17,21). The highest BCUT2D eigenvalue weighted by atomic mass is 35.5. The van der Waals surface area contributed by atoms with Crippen molar-refractivity contribution in [3.8, 4) is 0 Å². The van der Waals surface area contributed by atoms with E-state index < -0.39 is 0 Å². The first-order chi connectivity index (χ1) is 10.1. The van der Waals surface area contributed by atoms with Gasteiger partial charge in [-0.1, -0.05) is 11.6 Å². The van der Waals surface area contributed by atoms with Crippen LogP contribution in [0, 0.1) is 6.92 Å². The third-order valence-electron chi connectivity index (χ3n) is 3.21. The van der Waals surface area contributed by atoms with Crippen LogP contribution in [-0.2, 0) is 6.54 Å². The van der Waals surface area contributed by atoms with E-state index in [0.29, 0.717) is 11.3 Å². The Bertz CT molecular complexity index is 821. The molecule has 0 aliphatic rings. The fourth-order valence-corrected chi connectivity index (χ4v) is 2.33. The van der Waals surface area contributed by atoms with Gasteiger partial charge in [0.15, 0.2) is 11.3 Å². The SMILES string of the molecule is CCn1ncc(NC(=O)c2nn3cccnc3c2Cl)c1C. The van der Waals surface area contributed by atoms with Crippen LogP contribution in [0.15, 0.2) is 24.7 Å². The van der Waals surface area contributed by atoms with Crippen LogP contribution < -0.4 is 5.32 Å². The molecule has 8 heteroatoms. The third-order valence-corrected chi connectivity index (χ3v) is 3.55. The van der Waals surface area contributed by atoms with Gasteiger partial charge in [-0.15, -0.1) is 0 Å². The Kier molecular flexibility index (Phi) is 3.34. The van der Waals surface area contributed by atoms with Gasteiger partial charge in [-0.25, -0.2) is 9.50 Å². The first-order valence-corrected chi connectivity index (χ1v) is 6.82. The number of carbonyl (C=O) groups excluding carboxylic acids is 1. The summed E-state index contributed by atoms with van der Waals surface area (Å²) in [4.78, 5) is 16.4. The summed E-state index contributed by atoms with van der Waals surface area (Å²) in [6.07, 6.45) is 4.89. The maximum Gasteiger partial charge on any atom is 0.277 e. The normalized spacial score (nSPS) is 11.0. The molecule has 0 unspecified atom stereocenters. The average molecular weight is 305 g/mol. The molecule has 21 heavy (non-hydrogen) atoms. The van der Waals surface area contributed by atoms with Crippen molar-refractivity contribution >= 4 is 28.8 Å². The number of halogens is 1. The second-order valence-corrected chi connectivity index (χ2v) is 4.84. The van der Waals surface area contributed by atoms with Crippen LogP contribution in [0.25, 0.3) is 5.65 Å². The molecule has 0 aromatic carbocycles. The van der Waals surface area contributed by atoms with Crippen LogP contribution in [0.3, 0.4) is 0 Å². The molecule has 1 N–H and O–H groups in total. The number of hydrogen-bond donors (Lipinski definition) is 1. The van der Waals surface area contributed by atoms with Gasteiger partial charge in [-0.05, 0) is 19.9 Å². The number of rotatable bonds is 3. The Labute approximate surface area is 125 Å². The Morgan fingerprint density at radius 2 is 2.29 bits per heavy atom. The number of nitrogens with zero attached hydrogens (tertiary/aromatic N) is 5. The molecular formula is C13H13ClN6O. The summed E-state index contributed by atoms with van der Waals surface area (Å²) in [7, 11) is 0. The fraction of sp³-hybridized carbons (Fsp3) is 0.231. The lowest BCUT2D eigenvalue weighted by atomic mass is 10.3. The molecule has 108 valence electrons. The van der Waals surface area contributed by atoms with E-state index in [1.54, 1.807) is 29.3 Å². The Hall–Kier alpha value is -2.41. The lowest BCUT2D eigenvalue weighted by Crippen LogP contribution is -2.14. The van der Waals surface area contributed by atoms with Gasteiger partial charge in [-0.2, -0.15) is 10.2 Å². The van der Waals surface area contributed by atoms with E-state index in [1.165, 1.54) is 4.52 Å². The van der Waals surface area contributed by atoms with Crippen molar-refractivity contribution in [2.75, 3.05) is 5.32 Å². The molecule has 0 aliphatic carbocycles. The number of fused-ring (bicyclic) bond motifs is 1. The molecule has 3 rings (SSSR count). The number of anilines is 1. The lowest BCUT2D eigenvalue weighted by Gasteiger charge is -2.03. The number of carbonyl (C=O) groups is 1. The molecule has 0 fully saturated rings. The van der Waals surface area contributed by atoms with Gasteiger partial charge in [-0.3, -0.25) is 9.48 Å². The molecular weight excluding hydrogens is 292 g/mol. The second kappa shape index (κ2) is 5.17. The molecule has 1 amide bonds. The predicted molar refractivity (Wildman–Crippen MR) is 78.6 cm³/mol. The summed E-state index contributed by atoms with van der Waals surface area (Å²) in [6.45, 7) is 4.61. The van der Waals surface area contributed by atoms with E-state index in [9.17, 15) is 4.79 Å². The van der Waals surface area contributed by atoms with Gasteiger partial charge in [0.05, 0.1) is 17.6 Å². The smallest absolute Gasteiger partial charge is 0.277 e. The number of amides is 1. The van der Waals surface area contributed by atoms with Crippen molar-refractivity contribution in [3.63, 3.8) is 0 Å². The van der Waals surface area contributed by atoms with Crippen molar-refractivity contribution in [1.29, 1.82) is 0 Å². The van der Waals surface area contributed by atoms with Crippen molar-refractivity contribution in [3.05, 3.63) is 41.1 Å². The molecule has 3 heterocycles. The molecule has 3 aromatic rings. The molecule has 0 bridgehead atoms. The minimum absolute atomic E-state index is 0.138. The zero-order valence-corrected chi connectivity index (χ0v) is 12.3. The van der Waals surface area contributed by atoms with Crippen LogP contribution in [-0.4, -0.2) is 30.3 Å². The van der Waals surface area contributed by atoms with E-state index >= 15 is 0 Å². The average Bonchev–Trinajstić information content (AvgIpc) is 3.01. The molecule has 7 nitrogen and oxygen atoms in total. The topological polar surface area (TPSA) is 77.1 Å². The van der Waals surface area contributed by atoms with E-state index in [0.717, 1.165) is 12.2 Å². The monoisotopic (exact) mass is 304 g/mol. The highest BCUT2D eigenvalue weighted by Crippen LogP contribution is 2.22. The Morgan fingerprint density at radius 3 is 2.95 bits per heavy atom. The molecule has 3 aromatic heterocycles. The Balaban J connectivity index is 1.93. The van der Waals surface area contributed by atoms with Crippen LogP contribution in [0.1, 0.15) is 23.1 Å². The molecule has 0 saturated carbocycles. The highest BCUT2D eigenvalue weighted by Gasteiger charge is 2.20. The van der Waals surface area contributed by atoms with Crippen LogP contribution in [0.2, 0.25) is 5.02 Å². The predicted octanol–water partition coefficient (Wildman–Crippen LogP) is 2.16. The van der Waals surface area contributed by atoms with Crippen LogP contribution >= 0.6 is 11.6 Å². The third kappa shape index (κ3) is 2.25. The minimum Gasteiger partial charge on any atom is -0.318 e. The number of nitrogens with one attached hydrogen (secondary N) is 1. The number of hydrogen-bond acceptors (Lipinski definition) is 4. The van der Waals surface area contributed by atoms with Gasteiger partial charge < -0.3 is 5.32 Å². The summed E-state index contributed by atoms with van der Waals surface area (Å²) >= 11 is 6.16. The van der Waals surface area contributed by atoms with Crippen molar-refractivity contribution in [2.45, 2.75) is 20.4 Å². The molecule has 0 atom stereocenters. The molecule has 0 aliphatic heterocycles. The lowest BCUT2D eigenvalue weighted by molar-refractivity contribution is 0.102. The first-order valence-electron chi connectivity index (χ1n) is 6.44. The zero-order chi connectivity index (χ0) is 15.0. The van der Waals surface area contributed by atoms with Gasteiger partial charge in [0, 0.05) is 18.9 Å². The molecule has 0 spiro atoms. The largest absolute Gasteiger partial charge is 0.318 e. The van der Waals surface area contributed by atoms with E-state index in [4.69, 9.17) is 11.6 Å². The molecule has 0 radical (unpaired) electrons. The van der Waals surface area contributed by atoms with E-state index in [2.05, 4.69) is 20.5 Å². The van der Waals surface area contributed by atoms with Crippen LogP contribution in [0.4, 0.5) is 5.69 Å². The van der Waals surface area contributed by atoms with Gasteiger partial charge in [0.25, 0.3) is 5.91 Å². The van der Waals surface area contributed by atoms with Crippen molar-refractivity contribution in [1.82, 2.24) is 24.4 Å². The maximum absolute atomic E-state index is 12.3. The summed E-state index contributed by atoms with van der Waals surface area (Å²) < 4.78 is 3.27. The van der Waals surface area contributed by atoms with Crippen molar-refractivity contribution < 1.29 is 4.79 Å². The second-order valence-electron chi connectivity index (χ2n) is 4.46. The van der Waals surface area contributed by atoms with Crippen molar-refractivity contribution in [2.24, 2.45) is 0 Å².